The maximum absolute atomic E-state index is 12.3. The fourth-order valence-electron chi connectivity index (χ4n) is 2.74. The van der Waals surface area contributed by atoms with E-state index in [0.29, 0.717) is 6.61 Å². The number of rotatable bonds is 12. The number of nitrogens with zero attached hydrogens (tertiary/aromatic N) is 1. The van der Waals surface area contributed by atoms with Gasteiger partial charge in [-0.05, 0) is 50.1 Å². The van der Waals surface area contributed by atoms with Crippen molar-refractivity contribution in [3.8, 4) is 5.75 Å². The molecule has 2 aromatic rings. The molecule has 1 heterocycles. The number of hydrogen-bond donors (Lipinski definition) is 0. The van der Waals surface area contributed by atoms with Gasteiger partial charge in [0.2, 0.25) is 0 Å². The van der Waals surface area contributed by atoms with Gasteiger partial charge in [-0.15, -0.1) is 0 Å². The second-order valence-electron chi connectivity index (χ2n) is 7.34. The van der Waals surface area contributed by atoms with E-state index in [4.69, 9.17) is 14.2 Å². The normalized spacial score (nSPS) is 10.7. The van der Waals surface area contributed by atoms with Gasteiger partial charge in [-0.1, -0.05) is 50.8 Å². The predicted octanol–water partition coefficient (Wildman–Crippen LogP) is 5.35. The highest BCUT2D eigenvalue weighted by Crippen LogP contribution is 2.15. The Balaban J connectivity index is 1.80. The van der Waals surface area contributed by atoms with Gasteiger partial charge < -0.3 is 14.2 Å². The molecule has 0 spiro atoms. The molecule has 0 N–H and O–H groups in total. The first-order valence-corrected chi connectivity index (χ1v) is 10.6. The van der Waals surface area contributed by atoms with Crippen LogP contribution in [-0.2, 0) is 16.1 Å². The number of esters is 2. The molecule has 6 nitrogen and oxygen atoms in total. The fraction of sp³-hybridized carbons (Fsp3) is 0.458. The molecule has 0 saturated carbocycles. The van der Waals surface area contributed by atoms with Crippen molar-refractivity contribution in [1.82, 2.24) is 4.98 Å². The molecule has 0 atom stereocenters. The summed E-state index contributed by atoms with van der Waals surface area (Å²) in [6.45, 7) is 6.52. The summed E-state index contributed by atoms with van der Waals surface area (Å²) in [6.07, 6.45) is 5.74. The van der Waals surface area contributed by atoms with Gasteiger partial charge in [0.15, 0.2) is 0 Å². The summed E-state index contributed by atoms with van der Waals surface area (Å²) in [5, 5.41) is 0. The van der Waals surface area contributed by atoms with Crippen LogP contribution in [0, 0.1) is 0 Å². The third-order valence-electron chi connectivity index (χ3n) is 4.32. The topological polar surface area (TPSA) is 74.7 Å². The summed E-state index contributed by atoms with van der Waals surface area (Å²) in [5.74, 6) is -0.360. The van der Waals surface area contributed by atoms with E-state index in [1.54, 1.807) is 19.9 Å². The zero-order chi connectivity index (χ0) is 21.8. The van der Waals surface area contributed by atoms with E-state index >= 15 is 0 Å². The Bertz CT molecular complexity index is 801. The summed E-state index contributed by atoms with van der Waals surface area (Å²) < 4.78 is 16.1. The van der Waals surface area contributed by atoms with E-state index in [1.165, 1.54) is 37.8 Å². The Hall–Kier alpha value is -2.89. The van der Waals surface area contributed by atoms with Crippen molar-refractivity contribution in [1.29, 1.82) is 0 Å². The lowest BCUT2D eigenvalue weighted by Gasteiger charge is -2.09. The van der Waals surface area contributed by atoms with E-state index in [-0.39, 0.29) is 24.1 Å². The quantitative estimate of drug-likeness (QED) is 0.345. The van der Waals surface area contributed by atoms with Crippen LogP contribution in [0.2, 0.25) is 0 Å². The highest BCUT2D eigenvalue weighted by molar-refractivity contribution is 5.91. The summed E-state index contributed by atoms with van der Waals surface area (Å²) >= 11 is 0. The number of carbonyl (C=O) groups excluding carboxylic acids is 2. The number of benzene rings is 1. The zero-order valence-corrected chi connectivity index (χ0v) is 18.1. The Morgan fingerprint density at radius 3 is 2.23 bits per heavy atom. The lowest BCUT2D eigenvalue weighted by Crippen LogP contribution is -2.15. The van der Waals surface area contributed by atoms with Crippen molar-refractivity contribution in [3.63, 3.8) is 0 Å². The molecule has 0 aliphatic carbocycles. The van der Waals surface area contributed by atoms with E-state index in [1.807, 2.05) is 24.3 Å². The van der Waals surface area contributed by atoms with Gasteiger partial charge in [0.05, 0.1) is 12.7 Å². The molecule has 0 radical (unpaired) electrons. The van der Waals surface area contributed by atoms with E-state index in [9.17, 15) is 9.59 Å². The molecule has 0 fully saturated rings. The molecule has 0 saturated heterocycles. The minimum absolute atomic E-state index is 0.0660. The van der Waals surface area contributed by atoms with Crippen molar-refractivity contribution in [2.75, 3.05) is 6.61 Å². The summed E-state index contributed by atoms with van der Waals surface area (Å²) in [5.41, 5.74) is 0.986. The first kappa shape index (κ1) is 23.4. The molecule has 0 unspecified atom stereocenters. The second-order valence-corrected chi connectivity index (χ2v) is 7.34. The Kier molecular flexibility index (Phi) is 9.84. The highest BCUT2D eigenvalue weighted by Gasteiger charge is 2.15. The van der Waals surface area contributed by atoms with Gasteiger partial charge in [0, 0.05) is 0 Å². The molecule has 0 bridgehead atoms. The number of ether oxygens (including phenoxy) is 3. The average Bonchev–Trinajstić information content (AvgIpc) is 2.75. The molecule has 1 aromatic heterocycles. The molecular weight excluding hydrogens is 382 g/mol. The van der Waals surface area contributed by atoms with Crippen LogP contribution in [0.15, 0.2) is 42.5 Å². The third kappa shape index (κ3) is 8.23. The second kappa shape index (κ2) is 12.6. The van der Waals surface area contributed by atoms with Gasteiger partial charge in [-0.2, -0.15) is 0 Å². The number of unbranched alkanes of at least 4 members (excludes halogenated alkanes) is 4. The van der Waals surface area contributed by atoms with Crippen LogP contribution in [0.25, 0.3) is 0 Å². The van der Waals surface area contributed by atoms with Crippen molar-refractivity contribution >= 4 is 11.9 Å². The van der Waals surface area contributed by atoms with Crippen LogP contribution in [0.1, 0.15) is 79.4 Å². The Labute approximate surface area is 178 Å². The molecule has 2 rings (SSSR count). The summed E-state index contributed by atoms with van der Waals surface area (Å²) in [7, 11) is 0. The van der Waals surface area contributed by atoms with Crippen molar-refractivity contribution in [2.24, 2.45) is 0 Å². The van der Waals surface area contributed by atoms with Gasteiger partial charge >= 0.3 is 11.9 Å². The molecule has 30 heavy (non-hydrogen) atoms. The Morgan fingerprint density at radius 2 is 1.57 bits per heavy atom. The molecule has 162 valence electrons. The van der Waals surface area contributed by atoms with E-state index in [0.717, 1.165) is 17.7 Å². The predicted molar refractivity (Wildman–Crippen MR) is 115 cm³/mol. The zero-order valence-electron chi connectivity index (χ0n) is 18.1. The minimum atomic E-state index is -0.596. The first-order valence-electron chi connectivity index (χ1n) is 10.6. The van der Waals surface area contributed by atoms with Crippen LogP contribution in [0.4, 0.5) is 0 Å². The number of hydrogen-bond acceptors (Lipinski definition) is 6. The van der Waals surface area contributed by atoms with Crippen LogP contribution in [-0.4, -0.2) is 29.6 Å². The molecule has 0 aliphatic heterocycles. The van der Waals surface area contributed by atoms with Gasteiger partial charge in [0.25, 0.3) is 0 Å². The summed E-state index contributed by atoms with van der Waals surface area (Å²) in [6, 6.07) is 12.1. The lowest BCUT2D eigenvalue weighted by molar-refractivity contribution is 0.0370. The van der Waals surface area contributed by atoms with E-state index < -0.39 is 11.9 Å². The molecule has 0 amide bonds. The van der Waals surface area contributed by atoms with Crippen molar-refractivity contribution < 1.29 is 23.8 Å². The van der Waals surface area contributed by atoms with Crippen LogP contribution in [0.3, 0.4) is 0 Å². The maximum atomic E-state index is 12.3. The fourth-order valence-corrected chi connectivity index (χ4v) is 2.74. The average molecular weight is 414 g/mol. The summed E-state index contributed by atoms with van der Waals surface area (Å²) in [4.78, 5) is 28.2. The number of carbonyl (C=O) groups is 2. The molecule has 6 heteroatoms. The molecule has 1 aromatic carbocycles. The number of pyridine rings is 1. The first-order chi connectivity index (χ1) is 14.5. The lowest BCUT2D eigenvalue weighted by atomic mass is 10.2. The van der Waals surface area contributed by atoms with Crippen molar-refractivity contribution in [3.05, 3.63) is 59.4 Å². The standard InChI is InChI=1S/C24H31NO5/c1-4-5-6-7-8-16-28-20-14-12-19(13-15-20)17-29-23(26)21-10-9-11-22(25-21)24(27)30-18(2)3/h9-15,18H,4-8,16-17H2,1-3H3. The van der Waals surface area contributed by atoms with Gasteiger partial charge in [-0.3, -0.25) is 0 Å². The van der Waals surface area contributed by atoms with Gasteiger partial charge in [-0.25, -0.2) is 14.6 Å². The SMILES string of the molecule is CCCCCCCOc1ccc(COC(=O)c2cccc(C(=O)OC(C)C)n2)cc1. The smallest absolute Gasteiger partial charge is 0.357 e. The highest BCUT2D eigenvalue weighted by atomic mass is 16.5. The maximum Gasteiger partial charge on any atom is 0.357 e. The largest absolute Gasteiger partial charge is 0.494 e. The van der Waals surface area contributed by atoms with E-state index in [2.05, 4.69) is 11.9 Å². The monoisotopic (exact) mass is 413 g/mol. The van der Waals surface area contributed by atoms with Crippen LogP contribution < -0.4 is 4.74 Å². The minimum Gasteiger partial charge on any atom is -0.494 e. The van der Waals surface area contributed by atoms with Crippen molar-refractivity contribution in [2.45, 2.75) is 65.6 Å². The van der Waals surface area contributed by atoms with Crippen LogP contribution >= 0.6 is 0 Å². The van der Waals surface area contributed by atoms with Gasteiger partial charge in [0.1, 0.15) is 23.7 Å². The molecule has 0 aliphatic rings. The Morgan fingerprint density at radius 1 is 0.900 bits per heavy atom. The number of aromatic nitrogens is 1. The molecular formula is C24H31NO5. The van der Waals surface area contributed by atoms with Crippen LogP contribution in [0.5, 0.6) is 5.75 Å². The third-order valence-corrected chi connectivity index (χ3v) is 4.32.